The van der Waals surface area contributed by atoms with Crippen LogP contribution in [-0.2, 0) is 28.6 Å². The van der Waals surface area contributed by atoms with Gasteiger partial charge in [0.1, 0.15) is 16.4 Å². The van der Waals surface area contributed by atoms with Crippen molar-refractivity contribution in [3.8, 4) is 5.75 Å². The average molecular weight is 448 g/mol. The maximum Gasteiger partial charge on any atom is 0.573 e. The summed E-state index contributed by atoms with van der Waals surface area (Å²) in [6.45, 7) is 0. The van der Waals surface area contributed by atoms with E-state index in [-0.39, 0.29) is 17.1 Å². The molecule has 5 nitrogen and oxygen atoms in total. The minimum absolute atomic E-state index is 0.0753. The molecule has 0 aliphatic carbocycles. The lowest BCUT2D eigenvalue weighted by Crippen LogP contribution is -2.19. The highest BCUT2D eigenvalue weighted by atomic mass is 32.2. The zero-order valence-corrected chi connectivity index (χ0v) is 17.1. The van der Waals surface area contributed by atoms with Crippen molar-refractivity contribution in [2.75, 3.05) is 4.72 Å². The van der Waals surface area contributed by atoms with Crippen LogP contribution in [0.3, 0.4) is 0 Å². The molecule has 1 heterocycles. The Bertz CT molecular complexity index is 1040. The van der Waals surface area contributed by atoms with Gasteiger partial charge >= 0.3 is 6.36 Å². The Morgan fingerprint density at radius 1 is 1.00 bits per heavy atom. The number of carbonyl (C=O) groups is 1. The molecule has 162 valence electrons. The second kappa shape index (κ2) is 10.2. The molecule has 1 N–H and O–H groups in total. The molecule has 3 aromatic rings. The molecule has 0 bridgehead atoms. The smallest absolute Gasteiger partial charge is 0.404 e. The quantitative estimate of drug-likeness (QED) is 0.508. The van der Waals surface area contributed by atoms with Crippen LogP contribution in [0.25, 0.3) is 0 Å². The van der Waals surface area contributed by atoms with Crippen LogP contribution >= 0.6 is 0 Å². The van der Waals surface area contributed by atoms with Crippen LogP contribution in [0.1, 0.15) is 17.5 Å². The van der Waals surface area contributed by atoms with Gasteiger partial charge in [-0.05, 0) is 47.9 Å². The Morgan fingerprint density at radius 3 is 2.42 bits per heavy atom. The molecule has 0 saturated carbocycles. The molecule has 0 fully saturated rings. The fourth-order valence-electron chi connectivity index (χ4n) is 2.81. The topological polar surface area (TPSA) is 68.3 Å². The molecule has 0 spiro atoms. The van der Waals surface area contributed by atoms with E-state index in [4.69, 9.17) is 0 Å². The van der Waals surface area contributed by atoms with Gasteiger partial charge in [-0.15, -0.1) is 13.2 Å². The van der Waals surface area contributed by atoms with E-state index in [0.29, 0.717) is 18.5 Å². The van der Waals surface area contributed by atoms with E-state index in [9.17, 15) is 22.2 Å². The number of pyridine rings is 1. The summed E-state index contributed by atoms with van der Waals surface area (Å²) in [6.07, 6.45) is -0.213. The molecule has 31 heavy (non-hydrogen) atoms. The highest BCUT2D eigenvalue weighted by Gasteiger charge is 2.32. The van der Waals surface area contributed by atoms with Gasteiger partial charge in [0.2, 0.25) is 0 Å². The van der Waals surface area contributed by atoms with Gasteiger partial charge in [0.25, 0.3) is 0 Å². The number of alkyl halides is 3. The number of rotatable bonds is 9. The Hall–Kier alpha value is -3.20. The second-order valence-corrected chi connectivity index (χ2v) is 7.82. The van der Waals surface area contributed by atoms with Crippen LogP contribution in [0, 0.1) is 0 Å². The van der Waals surface area contributed by atoms with Crippen molar-refractivity contribution in [1.82, 2.24) is 4.98 Å². The summed E-state index contributed by atoms with van der Waals surface area (Å²) >= 11 is 0. The first-order valence-corrected chi connectivity index (χ1v) is 10.5. The minimum Gasteiger partial charge on any atom is -0.404 e. The van der Waals surface area contributed by atoms with Gasteiger partial charge in [-0.25, -0.2) is 4.21 Å². The van der Waals surface area contributed by atoms with Gasteiger partial charge in [-0.2, -0.15) is 0 Å². The maximum atomic E-state index is 12.5. The molecule has 1 unspecified atom stereocenters. The molecule has 0 aliphatic rings. The predicted octanol–water partition coefficient (Wildman–Crippen LogP) is 4.86. The van der Waals surface area contributed by atoms with E-state index in [1.54, 1.807) is 36.7 Å². The third kappa shape index (κ3) is 7.21. The number of ketones is 1. The number of hydrogen-bond acceptors (Lipinski definition) is 4. The lowest BCUT2D eigenvalue weighted by molar-refractivity contribution is -0.275. The molecule has 0 saturated heterocycles. The van der Waals surface area contributed by atoms with Crippen molar-refractivity contribution in [2.24, 2.45) is 0 Å². The summed E-state index contributed by atoms with van der Waals surface area (Å²) < 4.78 is 56.7. The van der Waals surface area contributed by atoms with Gasteiger partial charge in [-0.1, -0.05) is 30.3 Å². The van der Waals surface area contributed by atoms with Crippen molar-refractivity contribution < 1.29 is 26.9 Å². The molecule has 1 atom stereocenters. The lowest BCUT2D eigenvalue weighted by atomic mass is 10.0. The number of benzene rings is 2. The number of aryl methyl sites for hydroxylation is 1. The number of aromatic nitrogens is 1. The maximum absolute atomic E-state index is 12.5. The molecule has 9 heteroatoms. The molecular formula is C22H19F3N2O3S. The van der Waals surface area contributed by atoms with Crippen LogP contribution in [-0.4, -0.2) is 21.3 Å². The fourth-order valence-corrected chi connectivity index (χ4v) is 3.77. The third-order valence-corrected chi connectivity index (χ3v) is 5.41. The van der Waals surface area contributed by atoms with Crippen LogP contribution in [0.5, 0.6) is 5.75 Å². The number of ether oxygens (including phenoxy) is 1. The molecule has 0 aliphatic heterocycles. The largest absolute Gasteiger partial charge is 0.573 e. The molecule has 2 aromatic carbocycles. The average Bonchev–Trinajstić information content (AvgIpc) is 2.73. The van der Waals surface area contributed by atoms with E-state index in [1.165, 1.54) is 18.2 Å². The Morgan fingerprint density at radius 2 is 1.74 bits per heavy atom. The van der Waals surface area contributed by atoms with Gasteiger partial charge < -0.3 is 9.46 Å². The van der Waals surface area contributed by atoms with Crippen molar-refractivity contribution in [3.05, 3.63) is 84.2 Å². The Kier molecular flexibility index (Phi) is 7.41. The highest BCUT2D eigenvalue weighted by molar-refractivity contribution is 7.86. The number of halogens is 3. The summed E-state index contributed by atoms with van der Waals surface area (Å²) in [5, 5.41) is 0. The number of anilines is 1. The van der Waals surface area contributed by atoms with E-state index >= 15 is 0 Å². The lowest BCUT2D eigenvalue weighted by Gasteiger charge is -2.13. The van der Waals surface area contributed by atoms with Crippen molar-refractivity contribution in [3.63, 3.8) is 0 Å². The minimum atomic E-state index is -4.88. The third-order valence-electron chi connectivity index (χ3n) is 4.26. The SMILES string of the molecule is O=C(CCc1cccnc1)Cc1ccc(NS(=O)c2ccccc2OC(F)(F)F)cc1. The van der Waals surface area contributed by atoms with Gasteiger partial charge in [0.05, 0.1) is 0 Å². The number of carbonyl (C=O) groups excluding carboxylic acids is 1. The van der Waals surface area contributed by atoms with E-state index in [1.807, 2.05) is 12.1 Å². The summed E-state index contributed by atoms with van der Waals surface area (Å²) in [5.74, 6) is -0.456. The summed E-state index contributed by atoms with van der Waals surface area (Å²) in [5.41, 5.74) is 2.22. The molecule has 0 amide bonds. The van der Waals surface area contributed by atoms with Gasteiger partial charge in [0.15, 0.2) is 11.0 Å². The number of hydrogen-bond donors (Lipinski definition) is 1. The van der Waals surface area contributed by atoms with Crippen LogP contribution in [0.15, 0.2) is 78.0 Å². The molecule has 0 radical (unpaired) electrons. The first kappa shape index (κ1) is 22.5. The number of nitrogens with one attached hydrogen (secondary N) is 1. The fraction of sp³-hybridized carbons (Fsp3) is 0.182. The Labute approximate surface area is 179 Å². The summed E-state index contributed by atoms with van der Waals surface area (Å²) in [6, 6.07) is 15.6. The summed E-state index contributed by atoms with van der Waals surface area (Å²) in [7, 11) is -1.97. The number of nitrogens with zero attached hydrogens (tertiary/aromatic N) is 1. The standard InChI is InChI=1S/C22H19F3N2O3S/c23-22(24,25)30-20-5-1-2-6-21(20)31(29)27-18-10-7-16(8-11-18)14-19(28)12-9-17-4-3-13-26-15-17/h1-8,10-11,13,15,27H,9,12,14H2. The van der Waals surface area contributed by atoms with E-state index in [0.717, 1.165) is 17.2 Å². The van der Waals surface area contributed by atoms with Gasteiger partial charge in [-0.3, -0.25) is 9.78 Å². The van der Waals surface area contributed by atoms with Crippen LogP contribution in [0.2, 0.25) is 0 Å². The predicted molar refractivity (Wildman–Crippen MR) is 111 cm³/mol. The number of Topliss-reactive ketones (excluding diaryl/α,β-unsaturated/α-hetero) is 1. The van der Waals surface area contributed by atoms with Crippen molar-refractivity contribution >= 4 is 22.5 Å². The van der Waals surface area contributed by atoms with E-state index in [2.05, 4.69) is 14.4 Å². The Balaban J connectivity index is 1.57. The zero-order valence-electron chi connectivity index (χ0n) is 16.3. The molecule has 3 rings (SSSR count). The summed E-state index contributed by atoms with van der Waals surface area (Å²) in [4.78, 5) is 16.1. The zero-order chi connectivity index (χ0) is 22.3. The van der Waals surface area contributed by atoms with Crippen LogP contribution < -0.4 is 9.46 Å². The second-order valence-electron chi connectivity index (χ2n) is 6.64. The van der Waals surface area contributed by atoms with Crippen molar-refractivity contribution in [2.45, 2.75) is 30.5 Å². The highest BCUT2D eigenvalue weighted by Crippen LogP contribution is 2.29. The first-order chi connectivity index (χ1) is 14.8. The molecule has 1 aromatic heterocycles. The van der Waals surface area contributed by atoms with Gasteiger partial charge in [0, 0.05) is 30.9 Å². The number of para-hydroxylation sites is 1. The normalized spacial score (nSPS) is 12.2. The van der Waals surface area contributed by atoms with Crippen LogP contribution in [0.4, 0.5) is 18.9 Å². The monoisotopic (exact) mass is 448 g/mol. The molecular weight excluding hydrogens is 429 g/mol. The van der Waals surface area contributed by atoms with Crippen molar-refractivity contribution in [1.29, 1.82) is 0 Å². The first-order valence-electron chi connectivity index (χ1n) is 9.33. The van der Waals surface area contributed by atoms with E-state index < -0.39 is 23.1 Å².